The number of carbonyl (C=O) groups excluding carboxylic acids is 1. The third-order valence-electron chi connectivity index (χ3n) is 5.71. The monoisotopic (exact) mass is 381 g/mol. The van der Waals surface area contributed by atoms with Crippen molar-refractivity contribution in [2.24, 2.45) is 5.41 Å². The topological polar surface area (TPSA) is 92.1 Å². The molecule has 136 valence electrons. The molecular formula is C20H16ClN3O3. The summed E-state index contributed by atoms with van der Waals surface area (Å²) in [5.41, 5.74) is 1.85. The average molecular weight is 382 g/mol. The Balaban J connectivity index is 1.17. The van der Waals surface area contributed by atoms with Crippen molar-refractivity contribution in [3.8, 4) is 6.07 Å². The molecule has 27 heavy (non-hydrogen) atoms. The van der Waals surface area contributed by atoms with Gasteiger partial charge in [0, 0.05) is 17.0 Å². The van der Waals surface area contributed by atoms with Crippen LogP contribution in [0.4, 0.5) is 0 Å². The molecule has 1 N–H and O–H groups in total. The predicted molar refractivity (Wildman–Crippen MR) is 97.3 cm³/mol. The molecule has 7 heteroatoms. The van der Waals surface area contributed by atoms with Gasteiger partial charge in [-0.1, -0.05) is 11.6 Å². The number of halogens is 1. The molecule has 1 aromatic carbocycles. The number of nitrogens with zero attached hydrogens (tertiary/aromatic N) is 2. The second-order valence-electron chi connectivity index (χ2n) is 7.62. The highest BCUT2D eigenvalue weighted by Crippen LogP contribution is 2.61. The molecule has 2 aliphatic carbocycles. The van der Waals surface area contributed by atoms with E-state index in [0.29, 0.717) is 10.9 Å². The number of fused-ring (bicyclic) bond motifs is 1. The molecule has 0 aliphatic heterocycles. The maximum absolute atomic E-state index is 12.2. The minimum absolute atomic E-state index is 0.145. The minimum atomic E-state index is -0.261. The number of amides is 1. The lowest BCUT2D eigenvalue weighted by molar-refractivity contribution is -0.0256. The summed E-state index contributed by atoms with van der Waals surface area (Å²) in [7, 11) is 0. The average Bonchev–Trinajstić information content (AvgIpc) is 3.21. The van der Waals surface area contributed by atoms with E-state index in [1.54, 1.807) is 6.07 Å². The van der Waals surface area contributed by atoms with Crippen molar-refractivity contribution in [3.63, 3.8) is 0 Å². The molecule has 2 heterocycles. The van der Waals surface area contributed by atoms with Gasteiger partial charge in [0.2, 0.25) is 5.76 Å². The SMILES string of the molecule is N#Cc1ccc(C(=O)NC2CC3(C2)CC(c2nc4cc(Cl)ccc4o2)C3)o1. The van der Waals surface area contributed by atoms with Gasteiger partial charge < -0.3 is 14.2 Å². The fourth-order valence-electron chi connectivity index (χ4n) is 4.45. The van der Waals surface area contributed by atoms with E-state index < -0.39 is 0 Å². The number of oxazole rings is 1. The summed E-state index contributed by atoms with van der Waals surface area (Å²) in [6.45, 7) is 0. The minimum Gasteiger partial charge on any atom is -0.440 e. The third-order valence-corrected chi connectivity index (χ3v) is 5.94. The van der Waals surface area contributed by atoms with E-state index in [1.165, 1.54) is 12.1 Å². The van der Waals surface area contributed by atoms with Crippen molar-refractivity contribution in [2.45, 2.75) is 37.6 Å². The predicted octanol–water partition coefficient (Wildman–Crippen LogP) is 4.40. The largest absolute Gasteiger partial charge is 0.440 e. The van der Waals surface area contributed by atoms with Crippen LogP contribution in [0.15, 0.2) is 39.2 Å². The summed E-state index contributed by atoms with van der Waals surface area (Å²) in [5.74, 6) is 1.18. The zero-order valence-corrected chi connectivity index (χ0v) is 15.1. The second-order valence-corrected chi connectivity index (χ2v) is 8.06. The number of furan rings is 1. The van der Waals surface area contributed by atoms with E-state index in [2.05, 4.69) is 10.3 Å². The van der Waals surface area contributed by atoms with Crippen molar-refractivity contribution in [2.75, 3.05) is 0 Å². The first-order valence-electron chi connectivity index (χ1n) is 8.90. The van der Waals surface area contributed by atoms with Crippen LogP contribution in [-0.2, 0) is 0 Å². The molecule has 1 spiro atoms. The Kier molecular flexibility index (Phi) is 3.56. The molecule has 0 bridgehead atoms. The molecule has 0 atom stereocenters. The van der Waals surface area contributed by atoms with Gasteiger partial charge in [0.05, 0.1) is 0 Å². The van der Waals surface area contributed by atoms with Crippen LogP contribution >= 0.6 is 11.6 Å². The Bertz CT molecular complexity index is 1080. The number of hydrogen-bond donors (Lipinski definition) is 1. The summed E-state index contributed by atoms with van der Waals surface area (Å²) in [4.78, 5) is 16.7. The highest BCUT2D eigenvalue weighted by Gasteiger charge is 2.54. The maximum Gasteiger partial charge on any atom is 0.287 e. The normalized spacial score (nSPS) is 26.4. The summed E-state index contributed by atoms with van der Waals surface area (Å²) in [6, 6.07) is 10.5. The Morgan fingerprint density at radius 1 is 1.22 bits per heavy atom. The first-order valence-corrected chi connectivity index (χ1v) is 9.28. The van der Waals surface area contributed by atoms with Gasteiger partial charge in [-0.25, -0.2) is 4.98 Å². The Morgan fingerprint density at radius 2 is 2.04 bits per heavy atom. The van der Waals surface area contributed by atoms with E-state index in [4.69, 9.17) is 25.7 Å². The molecule has 2 fully saturated rings. The maximum atomic E-state index is 12.2. The van der Waals surface area contributed by atoms with Crippen molar-refractivity contribution in [1.29, 1.82) is 5.26 Å². The fourth-order valence-corrected chi connectivity index (χ4v) is 4.62. The standard InChI is InChI=1S/C20H16ClN3O3/c21-12-1-3-16-15(5-12)24-19(27-16)11-6-20(7-11)8-13(9-20)23-18(25)17-4-2-14(10-22)26-17/h1-5,11,13H,6-9H2,(H,23,25). The van der Waals surface area contributed by atoms with Crippen LogP contribution in [0.5, 0.6) is 0 Å². The molecule has 0 saturated heterocycles. The van der Waals surface area contributed by atoms with Crippen LogP contribution in [0, 0.1) is 16.7 Å². The number of nitrogens with one attached hydrogen (secondary N) is 1. The number of nitriles is 1. The molecular weight excluding hydrogens is 366 g/mol. The van der Waals surface area contributed by atoms with Gasteiger partial charge in [0.25, 0.3) is 5.91 Å². The van der Waals surface area contributed by atoms with Crippen molar-refractivity contribution >= 4 is 28.6 Å². The highest BCUT2D eigenvalue weighted by molar-refractivity contribution is 6.31. The Morgan fingerprint density at radius 3 is 2.78 bits per heavy atom. The van der Waals surface area contributed by atoms with Crippen LogP contribution in [-0.4, -0.2) is 16.9 Å². The molecule has 5 rings (SSSR count). The van der Waals surface area contributed by atoms with Gasteiger partial charge in [-0.2, -0.15) is 5.26 Å². The summed E-state index contributed by atoms with van der Waals surface area (Å²) in [5, 5.41) is 12.4. The summed E-state index contributed by atoms with van der Waals surface area (Å²) < 4.78 is 11.0. The van der Waals surface area contributed by atoms with Gasteiger partial charge >= 0.3 is 0 Å². The molecule has 3 aromatic rings. The smallest absolute Gasteiger partial charge is 0.287 e. The third kappa shape index (κ3) is 2.79. The lowest BCUT2D eigenvalue weighted by Gasteiger charge is -2.57. The van der Waals surface area contributed by atoms with Crippen molar-refractivity contribution in [1.82, 2.24) is 10.3 Å². The van der Waals surface area contributed by atoms with E-state index in [-0.39, 0.29) is 28.9 Å². The lowest BCUT2D eigenvalue weighted by atomic mass is 9.50. The number of rotatable bonds is 3. The van der Waals surface area contributed by atoms with Gasteiger partial charge in [-0.15, -0.1) is 0 Å². The quantitative estimate of drug-likeness (QED) is 0.725. The zero-order valence-electron chi connectivity index (χ0n) is 14.4. The lowest BCUT2D eigenvalue weighted by Crippen LogP contribution is -2.55. The number of hydrogen-bond acceptors (Lipinski definition) is 5. The van der Waals surface area contributed by atoms with Crippen LogP contribution < -0.4 is 5.32 Å². The molecule has 2 aliphatic rings. The zero-order chi connectivity index (χ0) is 18.6. The summed E-state index contributed by atoms with van der Waals surface area (Å²) in [6.07, 6.45) is 3.96. The van der Waals surface area contributed by atoms with Crippen molar-refractivity contribution in [3.05, 3.63) is 52.8 Å². The van der Waals surface area contributed by atoms with E-state index >= 15 is 0 Å². The highest BCUT2D eigenvalue weighted by atomic mass is 35.5. The molecule has 0 radical (unpaired) electrons. The van der Waals surface area contributed by atoms with Gasteiger partial charge in [-0.05, 0) is 61.4 Å². The molecule has 6 nitrogen and oxygen atoms in total. The summed E-state index contributed by atoms with van der Waals surface area (Å²) >= 11 is 6.00. The molecule has 1 amide bonds. The van der Waals surface area contributed by atoms with Gasteiger partial charge in [0.1, 0.15) is 11.6 Å². The number of benzene rings is 1. The number of carbonyl (C=O) groups is 1. The Labute approximate surface area is 160 Å². The van der Waals surface area contributed by atoms with Crippen LogP contribution in [0.3, 0.4) is 0 Å². The first kappa shape index (κ1) is 16.4. The number of aromatic nitrogens is 1. The second kappa shape index (κ2) is 5.86. The molecule has 2 aromatic heterocycles. The Hall–Kier alpha value is -2.78. The first-order chi connectivity index (χ1) is 13.0. The molecule has 0 unspecified atom stereocenters. The van der Waals surface area contributed by atoms with Crippen LogP contribution in [0.2, 0.25) is 5.02 Å². The van der Waals surface area contributed by atoms with Crippen LogP contribution in [0.1, 0.15) is 53.8 Å². The van der Waals surface area contributed by atoms with E-state index in [1.807, 2.05) is 18.2 Å². The van der Waals surface area contributed by atoms with Gasteiger partial charge in [0.15, 0.2) is 17.2 Å². The fraction of sp³-hybridized carbons (Fsp3) is 0.350. The van der Waals surface area contributed by atoms with E-state index in [9.17, 15) is 4.79 Å². The van der Waals surface area contributed by atoms with Gasteiger partial charge in [-0.3, -0.25) is 4.79 Å². The van der Waals surface area contributed by atoms with Crippen molar-refractivity contribution < 1.29 is 13.6 Å². The molecule has 2 saturated carbocycles. The van der Waals surface area contributed by atoms with E-state index in [0.717, 1.165) is 42.7 Å². The van der Waals surface area contributed by atoms with Crippen LogP contribution in [0.25, 0.3) is 11.1 Å².